The van der Waals surface area contributed by atoms with E-state index < -0.39 is 12.0 Å². The fourth-order valence-corrected chi connectivity index (χ4v) is 3.14. The van der Waals surface area contributed by atoms with Crippen molar-refractivity contribution in [2.45, 2.75) is 25.4 Å². The number of methoxy groups -OCH3 is 1. The van der Waals surface area contributed by atoms with E-state index in [2.05, 4.69) is 11.1 Å². The number of carboxylic acid groups (broad SMARTS) is 1. The molecule has 1 N–H and O–H groups in total. The van der Waals surface area contributed by atoms with Gasteiger partial charge in [-0.3, -0.25) is 14.7 Å². The number of ether oxygens (including phenoxy) is 1. The second kappa shape index (κ2) is 6.79. The number of nitrogens with zero attached hydrogens (tertiary/aromatic N) is 2. The maximum atomic E-state index is 11.4. The Balaban J connectivity index is 1.89. The minimum Gasteiger partial charge on any atom is -0.496 e. The maximum Gasteiger partial charge on any atom is 0.320 e. The number of carboxylic acids is 1. The van der Waals surface area contributed by atoms with Crippen molar-refractivity contribution in [1.82, 2.24) is 9.88 Å². The summed E-state index contributed by atoms with van der Waals surface area (Å²) in [5.74, 6) is 0.0469. The number of rotatable bonds is 5. The van der Waals surface area contributed by atoms with E-state index in [1.165, 1.54) is 0 Å². The lowest BCUT2D eigenvalue weighted by Crippen LogP contribution is -2.35. The number of carbonyl (C=O) groups is 1. The predicted octanol–water partition coefficient (Wildman–Crippen LogP) is 2.81. The maximum absolute atomic E-state index is 11.4. The molecule has 0 bridgehead atoms. The molecule has 3 rings (SSSR count). The van der Waals surface area contributed by atoms with Crippen LogP contribution in [-0.2, 0) is 11.3 Å². The van der Waals surface area contributed by atoms with Gasteiger partial charge in [0.05, 0.1) is 7.11 Å². The molecular weight excluding hydrogens is 292 g/mol. The average molecular weight is 312 g/mol. The summed E-state index contributed by atoms with van der Waals surface area (Å²) in [6, 6.07) is 9.55. The zero-order chi connectivity index (χ0) is 16.2. The van der Waals surface area contributed by atoms with Crippen molar-refractivity contribution in [2.75, 3.05) is 13.7 Å². The van der Waals surface area contributed by atoms with Gasteiger partial charge in [-0.1, -0.05) is 6.07 Å². The fourth-order valence-electron chi connectivity index (χ4n) is 3.14. The van der Waals surface area contributed by atoms with Crippen molar-refractivity contribution >= 4 is 5.97 Å². The van der Waals surface area contributed by atoms with Crippen molar-refractivity contribution < 1.29 is 14.6 Å². The van der Waals surface area contributed by atoms with Crippen LogP contribution in [0, 0.1) is 0 Å². The highest BCUT2D eigenvalue weighted by Crippen LogP contribution is 2.29. The topological polar surface area (TPSA) is 62.7 Å². The van der Waals surface area contributed by atoms with Gasteiger partial charge >= 0.3 is 5.97 Å². The van der Waals surface area contributed by atoms with Gasteiger partial charge in [0.2, 0.25) is 0 Å². The van der Waals surface area contributed by atoms with Gasteiger partial charge in [0.25, 0.3) is 0 Å². The molecule has 23 heavy (non-hydrogen) atoms. The summed E-state index contributed by atoms with van der Waals surface area (Å²) in [6.07, 6.45) is 5.16. The third kappa shape index (κ3) is 3.35. The lowest BCUT2D eigenvalue weighted by atomic mass is 10.0. The van der Waals surface area contributed by atoms with Crippen molar-refractivity contribution in [3.8, 4) is 16.9 Å². The van der Waals surface area contributed by atoms with Crippen LogP contribution in [0.1, 0.15) is 18.4 Å². The van der Waals surface area contributed by atoms with Crippen LogP contribution in [0.5, 0.6) is 5.75 Å². The van der Waals surface area contributed by atoms with Gasteiger partial charge in [-0.05, 0) is 54.8 Å². The Morgan fingerprint density at radius 3 is 2.78 bits per heavy atom. The molecule has 1 aliphatic rings. The minimum atomic E-state index is -0.744. The molecule has 1 fully saturated rings. The predicted molar refractivity (Wildman–Crippen MR) is 87.3 cm³/mol. The van der Waals surface area contributed by atoms with Crippen LogP contribution in [0.2, 0.25) is 0 Å². The molecule has 1 aromatic carbocycles. The summed E-state index contributed by atoms with van der Waals surface area (Å²) in [6.45, 7) is 1.39. The Hall–Kier alpha value is -2.40. The van der Waals surface area contributed by atoms with E-state index in [1.807, 2.05) is 29.2 Å². The first-order valence-corrected chi connectivity index (χ1v) is 7.73. The van der Waals surface area contributed by atoms with Crippen LogP contribution in [-0.4, -0.2) is 40.7 Å². The molecule has 0 aliphatic carbocycles. The standard InChI is InChI=1S/C18H20N2O3/c1-23-17-5-4-14(13-6-8-19-9-7-13)11-15(17)12-20-10-2-3-16(20)18(21)22/h4-9,11,16H,2-3,10,12H2,1H3,(H,21,22)/t16-/m1/s1. The molecule has 1 saturated heterocycles. The van der Waals surface area contributed by atoms with Gasteiger partial charge in [0, 0.05) is 24.5 Å². The van der Waals surface area contributed by atoms with Crippen molar-refractivity contribution in [3.63, 3.8) is 0 Å². The number of likely N-dealkylation sites (tertiary alicyclic amines) is 1. The lowest BCUT2D eigenvalue weighted by Gasteiger charge is -2.22. The summed E-state index contributed by atoms with van der Waals surface area (Å²) in [4.78, 5) is 17.4. The third-order valence-corrected chi connectivity index (χ3v) is 4.32. The number of aromatic nitrogens is 1. The number of aliphatic carboxylic acids is 1. The van der Waals surface area contributed by atoms with E-state index in [0.29, 0.717) is 13.0 Å². The van der Waals surface area contributed by atoms with Gasteiger partial charge in [-0.15, -0.1) is 0 Å². The molecule has 120 valence electrons. The van der Waals surface area contributed by atoms with E-state index in [1.54, 1.807) is 19.5 Å². The molecule has 0 radical (unpaired) electrons. The number of hydrogen-bond acceptors (Lipinski definition) is 4. The molecule has 5 nitrogen and oxygen atoms in total. The van der Waals surface area contributed by atoms with E-state index in [-0.39, 0.29) is 0 Å². The SMILES string of the molecule is COc1ccc(-c2ccncc2)cc1CN1CCC[C@@H]1C(=O)O. The van der Waals surface area contributed by atoms with Crippen LogP contribution >= 0.6 is 0 Å². The highest BCUT2D eigenvalue weighted by Gasteiger charge is 2.30. The number of hydrogen-bond donors (Lipinski definition) is 1. The van der Waals surface area contributed by atoms with Crippen molar-refractivity contribution in [2.24, 2.45) is 0 Å². The van der Waals surface area contributed by atoms with Crippen LogP contribution in [0.25, 0.3) is 11.1 Å². The van der Waals surface area contributed by atoms with Gasteiger partial charge in [0.1, 0.15) is 11.8 Å². The number of pyridine rings is 1. The zero-order valence-corrected chi connectivity index (χ0v) is 13.1. The molecule has 1 aliphatic heterocycles. The van der Waals surface area contributed by atoms with Gasteiger partial charge in [-0.2, -0.15) is 0 Å². The quantitative estimate of drug-likeness (QED) is 0.920. The third-order valence-electron chi connectivity index (χ3n) is 4.32. The largest absolute Gasteiger partial charge is 0.496 e. The van der Waals surface area contributed by atoms with E-state index in [4.69, 9.17) is 4.74 Å². The molecule has 5 heteroatoms. The molecule has 2 aromatic rings. The van der Waals surface area contributed by atoms with E-state index in [0.717, 1.165) is 35.4 Å². The first kappa shape index (κ1) is 15.5. The van der Waals surface area contributed by atoms with Gasteiger partial charge in [0.15, 0.2) is 0 Å². The minimum absolute atomic E-state index is 0.399. The van der Waals surface area contributed by atoms with Gasteiger partial charge in [-0.25, -0.2) is 0 Å². The van der Waals surface area contributed by atoms with E-state index in [9.17, 15) is 9.90 Å². The van der Waals surface area contributed by atoms with Gasteiger partial charge < -0.3 is 9.84 Å². The Kier molecular flexibility index (Phi) is 4.57. The lowest BCUT2D eigenvalue weighted by molar-refractivity contribution is -0.142. The molecule has 0 saturated carbocycles. The normalized spacial score (nSPS) is 18.0. The highest BCUT2D eigenvalue weighted by molar-refractivity contribution is 5.74. The molecule has 1 aromatic heterocycles. The zero-order valence-electron chi connectivity index (χ0n) is 13.1. The van der Waals surface area contributed by atoms with Crippen LogP contribution in [0.4, 0.5) is 0 Å². The highest BCUT2D eigenvalue weighted by atomic mass is 16.5. The second-order valence-corrected chi connectivity index (χ2v) is 5.73. The average Bonchev–Trinajstić information content (AvgIpc) is 3.04. The molecule has 1 atom stereocenters. The second-order valence-electron chi connectivity index (χ2n) is 5.73. The summed E-state index contributed by atoms with van der Waals surface area (Å²) >= 11 is 0. The van der Waals surface area contributed by atoms with Crippen LogP contribution < -0.4 is 4.74 Å². The summed E-state index contributed by atoms with van der Waals surface area (Å²) < 4.78 is 5.46. The molecular formula is C18H20N2O3. The van der Waals surface area contributed by atoms with Crippen LogP contribution in [0.3, 0.4) is 0 Å². The summed E-state index contributed by atoms with van der Waals surface area (Å²) in [5.41, 5.74) is 3.17. The first-order valence-electron chi connectivity index (χ1n) is 7.73. The van der Waals surface area contributed by atoms with Crippen molar-refractivity contribution in [1.29, 1.82) is 0 Å². The fraction of sp³-hybridized carbons (Fsp3) is 0.333. The van der Waals surface area contributed by atoms with E-state index >= 15 is 0 Å². The molecule has 0 spiro atoms. The summed E-state index contributed by atoms with van der Waals surface area (Å²) in [5, 5.41) is 9.34. The number of benzene rings is 1. The Bertz CT molecular complexity index is 688. The first-order chi connectivity index (χ1) is 11.2. The summed E-state index contributed by atoms with van der Waals surface area (Å²) in [7, 11) is 1.64. The molecule has 2 heterocycles. The van der Waals surface area contributed by atoms with Crippen molar-refractivity contribution in [3.05, 3.63) is 48.3 Å². The molecule has 0 amide bonds. The molecule has 0 unspecified atom stereocenters. The Morgan fingerprint density at radius 1 is 1.30 bits per heavy atom. The monoisotopic (exact) mass is 312 g/mol. The smallest absolute Gasteiger partial charge is 0.320 e. The Morgan fingerprint density at radius 2 is 2.09 bits per heavy atom. The van der Waals surface area contributed by atoms with Crippen LogP contribution in [0.15, 0.2) is 42.7 Å². The Labute approximate surface area is 135 Å².